The molecule has 0 amide bonds. The van der Waals surface area contributed by atoms with Crippen molar-refractivity contribution in [3.63, 3.8) is 0 Å². The monoisotopic (exact) mass is 217 g/mol. The SMILES string of the molecule is Cc1cc(C)cc(CNc2nnc(C)o2)c1. The molecule has 1 N–H and O–H groups in total. The van der Waals surface area contributed by atoms with E-state index in [1.807, 2.05) is 0 Å². The van der Waals surface area contributed by atoms with Gasteiger partial charge in [0.05, 0.1) is 0 Å². The molecule has 0 atom stereocenters. The van der Waals surface area contributed by atoms with Crippen molar-refractivity contribution in [2.45, 2.75) is 27.3 Å². The Morgan fingerprint density at radius 1 is 1.06 bits per heavy atom. The molecular formula is C12H15N3O. The second kappa shape index (κ2) is 4.35. The molecule has 0 radical (unpaired) electrons. The zero-order valence-corrected chi connectivity index (χ0v) is 9.74. The fourth-order valence-corrected chi connectivity index (χ4v) is 1.72. The van der Waals surface area contributed by atoms with Gasteiger partial charge in [-0.05, 0) is 19.4 Å². The average Bonchev–Trinajstić information content (AvgIpc) is 2.60. The molecule has 0 aliphatic carbocycles. The Bertz CT molecular complexity index is 471. The van der Waals surface area contributed by atoms with E-state index in [2.05, 4.69) is 47.6 Å². The van der Waals surface area contributed by atoms with Gasteiger partial charge in [-0.1, -0.05) is 34.4 Å². The van der Waals surface area contributed by atoms with Crippen LogP contribution in [0.25, 0.3) is 0 Å². The van der Waals surface area contributed by atoms with Gasteiger partial charge in [0.1, 0.15) is 0 Å². The molecular weight excluding hydrogens is 202 g/mol. The van der Waals surface area contributed by atoms with Crippen molar-refractivity contribution < 1.29 is 4.42 Å². The maximum atomic E-state index is 5.23. The molecule has 1 heterocycles. The van der Waals surface area contributed by atoms with Gasteiger partial charge in [0, 0.05) is 13.5 Å². The Kier molecular flexibility index (Phi) is 2.90. The third kappa shape index (κ3) is 2.59. The van der Waals surface area contributed by atoms with Gasteiger partial charge in [-0.3, -0.25) is 0 Å². The molecule has 4 heteroatoms. The Morgan fingerprint density at radius 2 is 1.75 bits per heavy atom. The largest absolute Gasteiger partial charge is 0.408 e. The second-order valence-corrected chi connectivity index (χ2v) is 3.98. The van der Waals surface area contributed by atoms with Crippen molar-refractivity contribution in [2.75, 3.05) is 5.32 Å². The Hall–Kier alpha value is -1.84. The van der Waals surface area contributed by atoms with E-state index in [4.69, 9.17) is 4.42 Å². The Morgan fingerprint density at radius 3 is 2.31 bits per heavy atom. The first-order valence-corrected chi connectivity index (χ1v) is 5.24. The van der Waals surface area contributed by atoms with Crippen molar-refractivity contribution in [2.24, 2.45) is 0 Å². The molecule has 0 spiro atoms. The highest BCUT2D eigenvalue weighted by atomic mass is 16.4. The minimum atomic E-state index is 0.469. The summed E-state index contributed by atoms with van der Waals surface area (Å²) < 4.78 is 5.23. The van der Waals surface area contributed by atoms with Crippen molar-refractivity contribution in [3.05, 3.63) is 40.8 Å². The molecule has 1 aromatic heterocycles. The average molecular weight is 217 g/mol. The van der Waals surface area contributed by atoms with Crippen LogP contribution in [0.5, 0.6) is 0 Å². The van der Waals surface area contributed by atoms with Gasteiger partial charge in [0.2, 0.25) is 5.89 Å². The lowest BCUT2D eigenvalue weighted by molar-refractivity contribution is 0.530. The number of nitrogens with one attached hydrogen (secondary N) is 1. The summed E-state index contributed by atoms with van der Waals surface area (Å²) in [5.74, 6) is 0.572. The van der Waals surface area contributed by atoms with Crippen molar-refractivity contribution in [1.29, 1.82) is 0 Å². The topological polar surface area (TPSA) is 51.0 Å². The molecule has 2 aromatic rings. The van der Waals surface area contributed by atoms with Gasteiger partial charge in [0.15, 0.2) is 0 Å². The van der Waals surface area contributed by atoms with E-state index >= 15 is 0 Å². The van der Waals surface area contributed by atoms with Crippen LogP contribution in [0.4, 0.5) is 6.01 Å². The fraction of sp³-hybridized carbons (Fsp3) is 0.333. The van der Waals surface area contributed by atoms with Crippen LogP contribution in [-0.2, 0) is 6.54 Å². The molecule has 0 saturated heterocycles. The van der Waals surface area contributed by atoms with Crippen LogP contribution >= 0.6 is 0 Å². The molecule has 84 valence electrons. The van der Waals surface area contributed by atoms with Crippen LogP contribution in [0, 0.1) is 20.8 Å². The number of hydrogen-bond acceptors (Lipinski definition) is 4. The van der Waals surface area contributed by atoms with Gasteiger partial charge in [-0.25, -0.2) is 0 Å². The molecule has 0 bridgehead atoms. The molecule has 0 fully saturated rings. The lowest BCUT2D eigenvalue weighted by Gasteiger charge is -2.04. The summed E-state index contributed by atoms with van der Waals surface area (Å²) in [7, 11) is 0. The molecule has 16 heavy (non-hydrogen) atoms. The van der Waals surface area contributed by atoms with Crippen LogP contribution in [0.2, 0.25) is 0 Å². The summed E-state index contributed by atoms with van der Waals surface area (Å²) in [5.41, 5.74) is 3.74. The maximum absolute atomic E-state index is 5.23. The van der Waals surface area contributed by atoms with Gasteiger partial charge in [0.25, 0.3) is 0 Å². The maximum Gasteiger partial charge on any atom is 0.315 e. The van der Waals surface area contributed by atoms with E-state index in [0.29, 0.717) is 18.5 Å². The molecule has 1 aromatic carbocycles. The lowest BCUT2D eigenvalue weighted by Crippen LogP contribution is -2.00. The zero-order chi connectivity index (χ0) is 11.5. The standard InChI is InChI=1S/C12H15N3O/c1-8-4-9(2)6-11(5-8)7-13-12-15-14-10(3)16-12/h4-6H,7H2,1-3H3,(H,13,15). The normalized spacial score (nSPS) is 10.4. The second-order valence-electron chi connectivity index (χ2n) is 3.98. The lowest BCUT2D eigenvalue weighted by atomic mass is 10.1. The number of hydrogen-bond donors (Lipinski definition) is 1. The number of aromatic nitrogens is 2. The third-order valence-corrected chi connectivity index (χ3v) is 2.25. The van der Waals surface area contributed by atoms with Crippen LogP contribution in [0.15, 0.2) is 22.6 Å². The minimum Gasteiger partial charge on any atom is -0.408 e. The smallest absolute Gasteiger partial charge is 0.315 e. The Balaban J connectivity index is 2.04. The minimum absolute atomic E-state index is 0.469. The molecule has 4 nitrogen and oxygen atoms in total. The van der Waals surface area contributed by atoms with Crippen molar-refractivity contribution in [3.8, 4) is 0 Å². The zero-order valence-electron chi connectivity index (χ0n) is 9.74. The van der Waals surface area contributed by atoms with Gasteiger partial charge < -0.3 is 9.73 Å². The first-order valence-electron chi connectivity index (χ1n) is 5.24. The summed E-state index contributed by atoms with van der Waals surface area (Å²) in [6, 6.07) is 6.91. The molecule has 0 unspecified atom stereocenters. The number of benzene rings is 1. The van der Waals surface area contributed by atoms with Crippen LogP contribution in [0.1, 0.15) is 22.6 Å². The summed E-state index contributed by atoms with van der Waals surface area (Å²) >= 11 is 0. The van der Waals surface area contributed by atoms with E-state index < -0.39 is 0 Å². The summed E-state index contributed by atoms with van der Waals surface area (Å²) in [6.07, 6.45) is 0. The summed E-state index contributed by atoms with van der Waals surface area (Å²) in [4.78, 5) is 0. The molecule has 0 saturated carbocycles. The molecule has 0 aliphatic heterocycles. The van der Waals surface area contributed by atoms with Gasteiger partial charge in [-0.15, -0.1) is 5.10 Å². The van der Waals surface area contributed by atoms with Crippen molar-refractivity contribution in [1.82, 2.24) is 10.2 Å². The van der Waals surface area contributed by atoms with Crippen LogP contribution < -0.4 is 5.32 Å². The predicted molar refractivity (Wildman–Crippen MR) is 62.3 cm³/mol. The Labute approximate surface area is 94.7 Å². The number of nitrogens with zero attached hydrogens (tertiary/aromatic N) is 2. The van der Waals surface area contributed by atoms with E-state index in [-0.39, 0.29) is 0 Å². The number of rotatable bonds is 3. The summed E-state index contributed by atoms with van der Waals surface area (Å²) in [6.45, 7) is 6.65. The summed E-state index contributed by atoms with van der Waals surface area (Å²) in [5, 5.41) is 10.7. The number of aryl methyl sites for hydroxylation is 3. The van der Waals surface area contributed by atoms with Gasteiger partial charge in [-0.2, -0.15) is 0 Å². The number of anilines is 1. The predicted octanol–water partition coefficient (Wildman–Crippen LogP) is 2.61. The van der Waals surface area contributed by atoms with E-state index in [0.717, 1.165) is 0 Å². The highest BCUT2D eigenvalue weighted by Crippen LogP contribution is 2.11. The third-order valence-electron chi connectivity index (χ3n) is 2.25. The molecule has 0 aliphatic rings. The van der Waals surface area contributed by atoms with Crippen LogP contribution in [0.3, 0.4) is 0 Å². The molecule has 2 rings (SSSR count). The van der Waals surface area contributed by atoms with Crippen molar-refractivity contribution >= 4 is 6.01 Å². The van der Waals surface area contributed by atoms with E-state index in [1.165, 1.54) is 16.7 Å². The highest BCUT2D eigenvalue weighted by Gasteiger charge is 2.01. The highest BCUT2D eigenvalue weighted by molar-refractivity contribution is 5.31. The van der Waals surface area contributed by atoms with Gasteiger partial charge >= 0.3 is 6.01 Å². The quantitative estimate of drug-likeness (QED) is 0.858. The first-order chi connectivity index (χ1) is 7.63. The van der Waals surface area contributed by atoms with E-state index in [1.54, 1.807) is 6.92 Å². The fourth-order valence-electron chi connectivity index (χ4n) is 1.72. The van der Waals surface area contributed by atoms with Crippen LogP contribution in [-0.4, -0.2) is 10.2 Å². The van der Waals surface area contributed by atoms with E-state index in [9.17, 15) is 0 Å². The first kappa shape index (κ1) is 10.7.